The van der Waals surface area contributed by atoms with E-state index in [2.05, 4.69) is 21.7 Å². The van der Waals surface area contributed by atoms with Gasteiger partial charge in [0.25, 0.3) is 5.91 Å². The molecule has 1 aliphatic heterocycles. The molecule has 0 spiro atoms. The minimum atomic E-state index is -0.595. The van der Waals surface area contributed by atoms with Crippen LogP contribution in [-0.4, -0.2) is 28.3 Å². The van der Waals surface area contributed by atoms with Crippen LogP contribution in [0.1, 0.15) is 26.2 Å². The van der Waals surface area contributed by atoms with Crippen LogP contribution in [0.25, 0.3) is 0 Å². The van der Waals surface area contributed by atoms with Gasteiger partial charge in [0, 0.05) is 22.6 Å². The molecule has 3 aromatic rings. The number of amides is 2. The van der Waals surface area contributed by atoms with Gasteiger partial charge < -0.3 is 5.32 Å². The Morgan fingerprint density at radius 3 is 2.67 bits per heavy atom. The number of halogens is 1. The smallest absolute Gasteiger partial charge is 0.260 e. The van der Waals surface area contributed by atoms with Gasteiger partial charge in [-0.1, -0.05) is 24.3 Å². The maximum atomic E-state index is 13.7. The topological polar surface area (TPSA) is 71.1 Å². The normalized spacial score (nSPS) is 13.9. The van der Waals surface area contributed by atoms with Gasteiger partial charge in [0.2, 0.25) is 5.91 Å². The zero-order valence-corrected chi connectivity index (χ0v) is 18.2. The maximum absolute atomic E-state index is 13.7. The first-order chi connectivity index (χ1) is 14.6. The maximum Gasteiger partial charge on any atom is 0.260 e. The Kier molecular flexibility index (Phi) is 6.71. The van der Waals surface area contributed by atoms with Gasteiger partial charge in [0.05, 0.1) is 22.3 Å². The number of carbonyl (C=O) groups is 2. The molecule has 1 fully saturated rings. The van der Waals surface area contributed by atoms with Crippen molar-refractivity contribution >= 4 is 57.5 Å². The SMILES string of the molecule is O=C(Cc1csc(NC(=O)c2ccccc2F)n1)Nc1cccc(C2SCCS2)c1. The molecule has 2 N–H and O–H groups in total. The van der Waals surface area contributed by atoms with E-state index in [1.807, 2.05) is 41.7 Å². The van der Waals surface area contributed by atoms with E-state index in [-0.39, 0.29) is 17.9 Å². The van der Waals surface area contributed by atoms with E-state index in [4.69, 9.17) is 0 Å². The number of nitrogens with one attached hydrogen (secondary N) is 2. The molecule has 0 radical (unpaired) electrons. The fourth-order valence-corrected chi connectivity index (χ4v) is 6.48. The highest BCUT2D eigenvalue weighted by molar-refractivity contribution is 8.19. The summed E-state index contributed by atoms with van der Waals surface area (Å²) in [5.41, 5.74) is 2.45. The lowest BCUT2D eigenvalue weighted by Gasteiger charge is -2.11. The van der Waals surface area contributed by atoms with Crippen molar-refractivity contribution < 1.29 is 14.0 Å². The molecule has 0 bridgehead atoms. The molecule has 30 heavy (non-hydrogen) atoms. The standard InChI is InChI=1S/C21H18FN3O2S3/c22-17-7-2-1-6-16(17)19(27)25-21-24-15(12-30-21)11-18(26)23-14-5-3-4-13(10-14)20-28-8-9-29-20/h1-7,10,12,20H,8-9,11H2,(H,23,26)(H,24,25,27). The minimum Gasteiger partial charge on any atom is -0.326 e. The fraction of sp³-hybridized carbons (Fsp3) is 0.190. The number of benzene rings is 2. The lowest BCUT2D eigenvalue weighted by molar-refractivity contribution is -0.115. The van der Waals surface area contributed by atoms with Crippen molar-refractivity contribution in [3.8, 4) is 0 Å². The molecule has 1 saturated heterocycles. The number of hydrogen-bond donors (Lipinski definition) is 2. The van der Waals surface area contributed by atoms with Gasteiger partial charge in [-0.15, -0.1) is 34.9 Å². The molecule has 1 aromatic heterocycles. The van der Waals surface area contributed by atoms with Gasteiger partial charge in [-0.05, 0) is 29.8 Å². The third-order valence-corrected chi connectivity index (χ3v) is 8.21. The Balaban J connectivity index is 1.34. The predicted octanol–water partition coefficient (Wildman–Crippen LogP) is 5.19. The van der Waals surface area contributed by atoms with Crippen LogP contribution in [-0.2, 0) is 11.2 Å². The van der Waals surface area contributed by atoms with E-state index in [1.54, 1.807) is 11.4 Å². The number of thioether (sulfide) groups is 2. The second kappa shape index (κ2) is 9.63. The number of anilines is 2. The molecular formula is C21H18FN3O2S3. The van der Waals surface area contributed by atoms with Crippen LogP contribution in [0.3, 0.4) is 0 Å². The van der Waals surface area contributed by atoms with Crippen LogP contribution < -0.4 is 10.6 Å². The van der Waals surface area contributed by atoms with Gasteiger partial charge in [0.1, 0.15) is 5.82 Å². The summed E-state index contributed by atoms with van der Waals surface area (Å²) in [5, 5.41) is 7.51. The number of thiazole rings is 1. The molecule has 9 heteroatoms. The van der Waals surface area contributed by atoms with Crippen molar-refractivity contribution in [2.75, 3.05) is 22.1 Å². The highest BCUT2D eigenvalue weighted by Crippen LogP contribution is 2.45. The fourth-order valence-electron chi connectivity index (χ4n) is 2.94. The quantitative estimate of drug-likeness (QED) is 0.531. The van der Waals surface area contributed by atoms with Crippen LogP contribution in [0.4, 0.5) is 15.2 Å². The summed E-state index contributed by atoms with van der Waals surface area (Å²) in [7, 11) is 0. The van der Waals surface area contributed by atoms with Crippen LogP contribution in [0.2, 0.25) is 0 Å². The molecule has 1 aliphatic rings. The lowest BCUT2D eigenvalue weighted by Crippen LogP contribution is -2.15. The average Bonchev–Trinajstić information content (AvgIpc) is 3.41. The summed E-state index contributed by atoms with van der Waals surface area (Å²) in [6, 6.07) is 13.7. The Labute approximate surface area is 185 Å². The van der Waals surface area contributed by atoms with Crippen molar-refractivity contribution in [2.45, 2.75) is 11.0 Å². The predicted molar refractivity (Wildman–Crippen MR) is 123 cm³/mol. The van der Waals surface area contributed by atoms with E-state index in [9.17, 15) is 14.0 Å². The lowest BCUT2D eigenvalue weighted by atomic mass is 10.2. The molecule has 2 amide bonds. The van der Waals surface area contributed by atoms with Crippen LogP contribution in [0.5, 0.6) is 0 Å². The van der Waals surface area contributed by atoms with E-state index in [1.165, 1.54) is 35.1 Å². The molecule has 0 saturated carbocycles. The molecule has 154 valence electrons. The van der Waals surface area contributed by atoms with Crippen molar-refractivity contribution in [1.29, 1.82) is 0 Å². The molecule has 0 unspecified atom stereocenters. The highest BCUT2D eigenvalue weighted by atomic mass is 32.2. The van der Waals surface area contributed by atoms with Crippen molar-refractivity contribution in [3.63, 3.8) is 0 Å². The molecule has 0 aliphatic carbocycles. The van der Waals surface area contributed by atoms with E-state index >= 15 is 0 Å². The van der Waals surface area contributed by atoms with E-state index in [0.717, 1.165) is 17.2 Å². The Morgan fingerprint density at radius 1 is 1.07 bits per heavy atom. The zero-order chi connectivity index (χ0) is 20.9. The van der Waals surface area contributed by atoms with Gasteiger partial charge in [-0.2, -0.15) is 0 Å². The van der Waals surface area contributed by atoms with Gasteiger partial charge in [0.15, 0.2) is 5.13 Å². The molecular weight excluding hydrogens is 441 g/mol. The summed E-state index contributed by atoms with van der Waals surface area (Å²) in [6.45, 7) is 0. The summed E-state index contributed by atoms with van der Waals surface area (Å²) in [5.74, 6) is 0.939. The molecule has 4 rings (SSSR count). The van der Waals surface area contributed by atoms with Gasteiger partial charge in [-0.25, -0.2) is 9.37 Å². The first-order valence-corrected chi connectivity index (χ1v) is 12.2. The first-order valence-electron chi connectivity index (χ1n) is 9.22. The molecule has 2 heterocycles. The van der Waals surface area contributed by atoms with E-state index in [0.29, 0.717) is 15.4 Å². The van der Waals surface area contributed by atoms with Crippen molar-refractivity contribution in [3.05, 3.63) is 76.5 Å². The number of aromatic nitrogens is 1. The molecule has 0 atom stereocenters. The Bertz CT molecular complexity index is 1070. The van der Waals surface area contributed by atoms with Gasteiger partial charge >= 0.3 is 0 Å². The third kappa shape index (κ3) is 5.21. The number of hydrogen-bond acceptors (Lipinski definition) is 6. The van der Waals surface area contributed by atoms with Crippen LogP contribution >= 0.6 is 34.9 Å². The largest absolute Gasteiger partial charge is 0.326 e. The average molecular weight is 460 g/mol. The van der Waals surface area contributed by atoms with E-state index < -0.39 is 11.7 Å². The third-order valence-electron chi connectivity index (χ3n) is 4.30. The highest BCUT2D eigenvalue weighted by Gasteiger charge is 2.19. The Morgan fingerprint density at radius 2 is 1.87 bits per heavy atom. The zero-order valence-electron chi connectivity index (χ0n) is 15.8. The minimum absolute atomic E-state index is 0.0505. The van der Waals surface area contributed by atoms with Crippen molar-refractivity contribution in [2.24, 2.45) is 0 Å². The summed E-state index contributed by atoms with van der Waals surface area (Å²) in [4.78, 5) is 28.9. The van der Waals surface area contributed by atoms with Crippen LogP contribution in [0, 0.1) is 5.82 Å². The van der Waals surface area contributed by atoms with Crippen molar-refractivity contribution in [1.82, 2.24) is 4.98 Å². The summed E-state index contributed by atoms with van der Waals surface area (Å²) in [6.07, 6.45) is 0.0865. The first kappa shape index (κ1) is 20.9. The number of carbonyl (C=O) groups excluding carboxylic acids is 2. The van der Waals surface area contributed by atoms with Gasteiger partial charge in [-0.3, -0.25) is 14.9 Å². The molecule has 5 nitrogen and oxygen atoms in total. The van der Waals surface area contributed by atoms with Crippen LogP contribution in [0.15, 0.2) is 53.9 Å². The Hall–Kier alpha value is -2.36. The summed E-state index contributed by atoms with van der Waals surface area (Å²) >= 11 is 5.03. The second-order valence-electron chi connectivity index (χ2n) is 6.50. The summed E-state index contributed by atoms with van der Waals surface area (Å²) < 4.78 is 14.1. The number of nitrogens with zero attached hydrogens (tertiary/aromatic N) is 1. The monoisotopic (exact) mass is 459 g/mol. The second-order valence-corrected chi connectivity index (χ2v) is 10.1. The molecule has 2 aromatic carbocycles. The number of rotatable bonds is 6.